The quantitative estimate of drug-likeness (QED) is 0.637. The van der Waals surface area contributed by atoms with Gasteiger partial charge in [0.2, 0.25) is 0 Å². The van der Waals surface area contributed by atoms with Crippen LogP contribution in [0.1, 0.15) is 34.1 Å². The zero-order chi connectivity index (χ0) is 9.02. The first-order valence-electron chi connectivity index (χ1n) is 3.93. The molecular formula is C9H16O2. The minimum absolute atomic E-state index is 0.118. The smallest absolute Gasteiger partial charge is 0.331 e. The zero-order valence-electron chi connectivity index (χ0n) is 7.64. The summed E-state index contributed by atoms with van der Waals surface area (Å²) in [5.41, 5.74) is 1.54. The number of carboxylic acids is 1. The Bertz CT molecular complexity index is 178. The van der Waals surface area contributed by atoms with Gasteiger partial charge in [0.25, 0.3) is 0 Å². The molecule has 0 fully saturated rings. The van der Waals surface area contributed by atoms with Crippen molar-refractivity contribution >= 4 is 5.97 Å². The van der Waals surface area contributed by atoms with Gasteiger partial charge < -0.3 is 5.11 Å². The Balaban J connectivity index is 4.73. The molecule has 64 valence electrons. The van der Waals surface area contributed by atoms with Gasteiger partial charge in [-0.15, -0.1) is 0 Å². The lowest BCUT2D eigenvalue weighted by Crippen LogP contribution is -2.09. The predicted octanol–water partition coefficient (Wildman–Crippen LogP) is 2.45. The summed E-state index contributed by atoms with van der Waals surface area (Å²) in [5, 5.41) is 8.79. The molecule has 0 saturated heterocycles. The van der Waals surface area contributed by atoms with Crippen LogP contribution < -0.4 is 0 Å². The molecule has 0 aliphatic heterocycles. The normalized spacial score (nSPS) is 13.2. The third-order valence-electron chi connectivity index (χ3n) is 1.80. The predicted molar refractivity (Wildman–Crippen MR) is 45.5 cm³/mol. The van der Waals surface area contributed by atoms with Crippen molar-refractivity contribution in [3.05, 3.63) is 11.1 Å². The van der Waals surface area contributed by atoms with E-state index in [9.17, 15) is 4.79 Å². The highest BCUT2D eigenvalue weighted by molar-refractivity contribution is 5.87. The van der Waals surface area contributed by atoms with Gasteiger partial charge in [-0.1, -0.05) is 26.3 Å². The molecule has 1 N–H and O–H groups in total. The number of carboxylic acid groups (broad SMARTS) is 1. The van der Waals surface area contributed by atoms with Gasteiger partial charge in [0.15, 0.2) is 0 Å². The Labute approximate surface area is 67.9 Å². The Kier molecular flexibility index (Phi) is 3.86. The molecular weight excluding hydrogens is 140 g/mol. The third-order valence-corrected chi connectivity index (χ3v) is 1.80. The summed E-state index contributed by atoms with van der Waals surface area (Å²) >= 11 is 0. The minimum Gasteiger partial charge on any atom is -0.478 e. The van der Waals surface area contributed by atoms with Gasteiger partial charge in [-0.3, -0.25) is 0 Å². The van der Waals surface area contributed by atoms with E-state index in [1.54, 1.807) is 0 Å². The molecule has 0 unspecified atom stereocenters. The van der Waals surface area contributed by atoms with Crippen molar-refractivity contribution < 1.29 is 9.90 Å². The van der Waals surface area contributed by atoms with Crippen LogP contribution in [-0.4, -0.2) is 11.1 Å². The van der Waals surface area contributed by atoms with Crippen LogP contribution in [0.15, 0.2) is 11.1 Å². The Morgan fingerprint density at radius 3 is 2.00 bits per heavy atom. The lowest BCUT2D eigenvalue weighted by molar-refractivity contribution is -0.133. The van der Waals surface area contributed by atoms with Crippen LogP contribution in [0.25, 0.3) is 0 Å². The van der Waals surface area contributed by atoms with Crippen LogP contribution in [0.4, 0.5) is 0 Å². The number of allylic oxidation sites excluding steroid dienone is 1. The molecule has 0 rings (SSSR count). The highest BCUT2D eigenvalue weighted by atomic mass is 16.4. The first kappa shape index (κ1) is 10.2. The third kappa shape index (κ3) is 2.74. The summed E-state index contributed by atoms with van der Waals surface area (Å²) in [7, 11) is 0. The van der Waals surface area contributed by atoms with Gasteiger partial charge in [-0.25, -0.2) is 4.79 Å². The van der Waals surface area contributed by atoms with Gasteiger partial charge in [-0.2, -0.15) is 0 Å². The van der Waals surface area contributed by atoms with E-state index in [-0.39, 0.29) is 5.92 Å². The van der Waals surface area contributed by atoms with Crippen LogP contribution in [0.2, 0.25) is 0 Å². The van der Waals surface area contributed by atoms with E-state index < -0.39 is 5.97 Å². The minimum atomic E-state index is -0.778. The maximum Gasteiger partial charge on any atom is 0.331 e. The molecule has 0 spiro atoms. The summed E-state index contributed by atoms with van der Waals surface area (Å²) < 4.78 is 0. The van der Waals surface area contributed by atoms with E-state index in [4.69, 9.17) is 5.11 Å². The second kappa shape index (κ2) is 4.16. The van der Waals surface area contributed by atoms with E-state index >= 15 is 0 Å². The Morgan fingerprint density at radius 1 is 1.45 bits per heavy atom. The number of aliphatic carboxylic acids is 1. The molecule has 0 saturated carbocycles. The van der Waals surface area contributed by atoms with Gasteiger partial charge in [0.1, 0.15) is 0 Å². The molecule has 0 amide bonds. The van der Waals surface area contributed by atoms with Crippen molar-refractivity contribution in [2.24, 2.45) is 5.92 Å². The summed E-state index contributed by atoms with van der Waals surface area (Å²) in [6, 6.07) is 0. The number of carbonyl (C=O) groups is 1. The fourth-order valence-corrected chi connectivity index (χ4v) is 1.11. The second-order valence-electron chi connectivity index (χ2n) is 3.01. The topological polar surface area (TPSA) is 37.3 Å². The monoisotopic (exact) mass is 156 g/mol. The molecule has 11 heavy (non-hydrogen) atoms. The number of rotatable bonds is 3. The van der Waals surface area contributed by atoms with E-state index in [2.05, 4.69) is 0 Å². The summed E-state index contributed by atoms with van der Waals surface area (Å²) in [6.45, 7) is 7.66. The standard InChI is InChI=1S/C9H16O2/c1-5-7(4)8(6(2)3)9(10)11/h6H,5H2,1-4H3,(H,10,11). The number of hydrogen-bond acceptors (Lipinski definition) is 1. The zero-order valence-corrected chi connectivity index (χ0v) is 7.64. The molecule has 0 atom stereocenters. The number of hydrogen-bond donors (Lipinski definition) is 1. The summed E-state index contributed by atoms with van der Waals surface area (Å²) in [5.74, 6) is -0.660. The van der Waals surface area contributed by atoms with E-state index in [1.807, 2.05) is 27.7 Å². The first-order chi connectivity index (χ1) is 5.00. The molecule has 2 nitrogen and oxygen atoms in total. The van der Waals surface area contributed by atoms with E-state index in [1.165, 1.54) is 0 Å². The lowest BCUT2D eigenvalue weighted by Gasteiger charge is -2.09. The lowest BCUT2D eigenvalue weighted by atomic mass is 9.97. The van der Waals surface area contributed by atoms with Crippen molar-refractivity contribution in [1.29, 1.82) is 0 Å². The highest BCUT2D eigenvalue weighted by Crippen LogP contribution is 2.16. The van der Waals surface area contributed by atoms with Gasteiger partial charge in [0.05, 0.1) is 0 Å². The Morgan fingerprint density at radius 2 is 1.91 bits per heavy atom. The molecule has 0 aromatic heterocycles. The van der Waals surface area contributed by atoms with Crippen molar-refractivity contribution in [1.82, 2.24) is 0 Å². The Hall–Kier alpha value is -0.790. The van der Waals surface area contributed by atoms with Crippen molar-refractivity contribution in [3.63, 3.8) is 0 Å². The molecule has 2 heteroatoms. The van der Waals surface area contributed by atoms with Crippen LogP contribution in [0.3, 0.4) is 0 Å². The van der Waals surface area contributed by atoms with Crippen LogP contribution in [-0.2, 0) is 4.79 Å². The van der Waals surface area contributed by atoms with E-state index in [0.29, 0.717) is 5.57 Å². The van der Waals surface area contributed by atoms with Gasteiger partial charge in [0, 0.05) is 5.57 Å². The highest BCUT2D eigenvalue weighted by Gasteiger charge is 2.13. The fraction of sp³-hybridized carbons (Fsp3) is 0.667. The largest absolute Gasteiger partial charge is 0.478 e. The van der Waals surface area contributed by atoms with Crippen LogP contribution in [0.5, 0.6) is 0 Å². The van der Waals surface area contributed by atoms with E-state index in [0.717, 1.165) is 12.0 Å². The maximum atomic E-state index is 10.7. The molecule has 0 heterocycles. The second-order valence-corrected chi connectivity index (χ2v) is 3.01. The van der Waals surface area contributed by atoms with Crippen LogP contribution in [0, 0.1) is 5.92 Å². The SMILES string of the molecule is CCC(C)=C(C(=O)O)C(C)C. The summed E-state index contributed by atoms with van der Waals surface area (Å²) in [6.07, 6.45) is 0.819. The summed E-state index contributed by atoms with van der Waals surface area (Å²) in [4.78, 5) is 10.7. The molecule has 0 aliphatic carbocycles. The average molecular weight is 156 g/mol. The van der Waals surface area contributed by atoms with Crippen molar-refractivity contribution in [3.8, 4) is 0 Å². The molecule has 0 bridgehead atoms. The van der Waals surface area contributed by atoms with Gasteiger partial charge >= 0.3 is 5.97 Å². The molecule has 0 aromatic carbocycles. The van der Waals surface area contributed by atoms with Gasteiger partial charge in [-0.05, 0) is 19.3 Å². The first-order valence-corrected chi connectivity index (χ1v) is 3.93. The van der Waals surface area contributed by atoms with Crippen LogP contribution >= 0.6 is 0 Å². The van der Waals surface area contributed by atoms with Crippen molar-refractivity contribution in [2.75, 3.05) is 0 Å². The van der Waals surface area contributed by atoms with Crippen molar-refractivity contribution in [2.45, 2.75) is 34.1 Å². The molecule has 0 aliphatic rings. The fourth-order valence-electron chi connectivity index (χ4n) is 1.11. The molecule has 0 radical (unpaired) electrons. The molecule has 0 aromatic rings. The maximum absolute atomic E-state index is 10.7. The average Bonchev–Trinajstić information content (AvgIpc) is 1.85.